The van der Waals surface area contributed by atoms with Crippen molar-refractivity contribution in [3.63, 3.8) is 0 Å². The molecule has 3 heterocycles. The minimum atomic E-state index is -0.429. The zero-order valence-corrected chi connectivity index (χ0v) is 24.9. The molecule has 1 aliphatic rings. The number of rotatable bonds is 7. The number of pyridine rings is 2. The van der Waals surface area contributed by atoms with E-state index in [1.807, 2.05) is 47.3 Å². The third-order valence-corrected chi connectivity index (χ3v) is 8.18. The Labute approximate surface area is 249 Å². The molecule has 0 radical (unpaired) electrons. The summed E-state index contributed by atoms with van der Waals surface area (Å²) in [4.78, 5) is 17.5. The van der Waals surface area contributed by atoms with Crippen LogP contribution in [0.15, 0.2) is 59.8 Å². The summed E-state index contributed by atoms with van der Waals surface area (Å²) in [6.07, 6.45) is 8.70. The molecular weight excluding hydrogens is 548 g/mol. The molecule has 2 aromatic carbocycles. The first kappa shape index (κ1) is 27.7. The molecule has 9 nitrogen and oxygen atoms in total. The Kier molecular flexibility index (Phi) is 7.11. The minimum absolute atomic E-state index is 0.00917. The van der Waals surface area contributed by atoms with Crippen LogP contribution in [0.4, 0.5) is 11.4 Å². The number of halogens is 1. The van der Waals surface area contributed by atoms with Crippen molar-refractivity contribution >= 4 is 44.7 Å². The zero-order valence-electron chi connectivity index (χ0n) is 24.1. The highest BCUT2D eigenvalue weighted by molar-refractivity contribution is 6.35. The van der Waals surface area contributed by atoms with Crippen molar-refractivity contribution < 1.29 is 0 Å². The van der Waals surface area contributed by atoms with E-state index >= 15 is 0 Å². The number of aryl methyl sites for hydroxylation is 1. The molecule has 1 saturated carbocycles. The Morgan fingerprint density at radius 2 is 1.98 bits per heavy atom. The molecule has 6 rings (SSSR count). The summed E-state index contributed by atoms with van der Waals surface area (Å²) in [6, 6.07) is 13.7. The van der Waals surface area contributed by atoms with Crippen LogP contribution in [0, 0.1) is 16.7 Å². The van der Waals surface area contributed by atoms with Crippen molar-refractivity contribution in [2.75, 3.05) is 17.2 Å². The van der Waals surface area contributed by atoms with Crippen LogP contribution >= 0.6 is 11.6 Å². The molecule has 1 aliphatic carbocycles. The molecule has 0 unspecified atom stereocenters. The van der Waals surface area contributed by atoms with Gasteiger partial charge in [-0.3, -0.25) is 9.78 Å². The summed E-state index contributed by atoms with van der Waals surface area (Å²) in [7, 11) is 1.75. The quantitative estimate of drug-likeness (QED) is 0.223. The van der Waals surface area contributed by atoms with Crippen LogP contribution in [0.5, 0.6) is 0 Å². The van der Waals surface area contributed by atoms with Crippen molar-refractivity contribution in [1.29, 1.82) is 5.26 Å². The van der Waals surface area contributed by atoms with E-state index in [-0.39, 0.29) is 11.0 Å². The minimum Gasteiger partial charge on any atom is -0.383 e. The molecule has 0 saturated heterocycles. The van der Waals surface area contributed by atoms with Gasteiger partial charge in [0.05, 0.1) is 40.1 Å². The predicted octanol–water partition coefficient (Wildman–Crippen LogP) is 6.59. The fourth-order valence-corrected chi connectivity index (χ4v) is 5.62. The number of nitrogens with zero attached hydrogens (tertiary/aromatic N) is 6. The van der Waals surface area contributed by atoms with Gasteiger partial charge < -0.3 is 15.2 Å². The lowest BCUT2D eigenvalue weighted by atomic mass is 9.93. The first-order valence-electron chi connectivity index (χ1n) is 14.2. The summed E-state index contributed by atoms with van der Waals surface area (Å²) in [5.41, 5.74) is 4.05. The highest BCUT2D eigenvalue weighted by atomic mass is 35.5. The van der Waals surface area contributed by atoms with Gasteiger partial charge in [-0.05, 0) is 59.9 Å². The number of fused-ring (bicyclic) bond motifs is 2. The number of hydrogen-bond acceptors (Lipinski definition) is 7. The van der Waals surface area contributed by atoms with Crippen LogP contribution < -0.4 is 16.2 Å². The van der Waals surface area contributed by atoms with Crippen molar-refractivity contribution in [3.8, 4) is 6.07 Å². The Balaban J connectivity index is 1.50. The first-order chi connectivity index (χ1) is 20.1. The van der Waals surface area contributed by atoms with E-state index < -0.39 is 6.04 Å². The van der Waals surface area contributed by atoms with Gasteiger partial charge in [-0.2, -0.15) is 5.26 Å². The summed E-state index contributed by atoms with van der Waals surface area (Å²) < 4.78 is 3.53. The van der Waals surface area contributed by atoms with E-state index in [0.29, 0.717) is 39.8 Å². The van der Waals surface area contributed by atoms with Crippen LogP contribution in [0.1, 0.15) is 68.9 Å². The van der Waals surface area contributed by atoms with Gasteiger partial charge in [-0.15, -0.1) is 5.10 Å². The molecule has 10 heteroatoms. The third kappa shape index (κ3) is 5.19. The number of nitriles is 1. The van der Waals surface area contributed by atoms with Gasteiger partial charge >= 0.3 is 0 Å². The first-order valence-corrected chi connectivity index (χ1v) is 14.5. The van der Waals surface area contributed by atoms with Gasteiger partial charge in [0.2, 0.25) is 0 Å². The average molecular weight is 581 g/mol. The number of hydrogen-bond donors (Lipinski definition) is 2. The third-order valence-electron chi connectivity index (χ3n) is 7.89. The lowest BCUT2D eigenvalue weighted by Gasteiger charge is -2.25. The van der Waals surface area contributed by atoms with Crippen LogP contribution in [-0.4, -0.2) is 31.1 Å². The second kappa shape index (κ2) is 10.8. The maximum Gasteiger partial charge on any atom is 0.258 e. The SMILES string of the molecule is Cn1ccc2c([C@H](Nc3cc(Cl)c4ncc(C#N)c(NCC(C)(C)C)c4c3)c3cn(C4CCC4)nn3)cccc2c1=O. The van der Waals surface area contributed by atoms with Gasteiger partial charge in [-0.1, -0.05) is 49.7 Å². The topological polar surface area (TPSA) is 113 Å². The van der Waals surface area contributed by atoms with Gasteiger partial charge in [0.25, 0.3) is 5.56 Å². The standard InChI is InChI=1S/C32H33ClN8O/c1-32(2,3)18-36-28-19(15-34)16-35-29-25(28)13-20(14-26(29)33)37-30(27-17-41(39-38-27)21-7-5-8-21)23-9-6-10-24-22(23)11-12-40(4)31(24)42/h6,9-14,16-17,21,30,37H,5,7-8,18H2,1-4H3,(H,35,36)/t30-/m0/s1. The second-order valence-corrected chi connectivity index (χ2v) is 12.7. The van der Waals surface area contributed by atoms with E-state index in [4.69, 9.17) is 11.6 Å². The van der Waals surface area contributed by atoms with Crippen LogP contribution in [0.3, 0.4) is 0 Å². The number of anilines is 2. The molecule has 3 aromatic heterocycles. The molecule has 214 valence electrons. The Hall–Kier alpha value is -4.42. The van der Waals surface area contributed by atoms with Crippen molar-refractivity contribution in [2.45, 2.75) is 52.1 Å². The largest absolute Gasteiger partial charge is 0.383 e. The Bertz CT molecular complexity index is 1910. The monoisotopic (exact) mass is 580 g/mol. The number of benzene rings is 2. The van der Waals surface area contributed by atoms with E-state index in [0.717, 1.165) is 40.6 Å². The second-order valence-electron chi connectivity index (χ2n) is 12.3. The van der Waals surface area contributed by atoms with Crippen molar-refractivity contribution in [2.24, 2.45) is 12.5 Å². The lowest BCUT2D eigenvalue weighted by Crippen LogP contribution is -2.20. The van der Waals surface area contributed by atoms with Crippen LogP contribution in [0.25, 0.3) is 21.7 Å². The van der Waals surface area contributed by atoms with Gasteiger partial charge in [0.1, 0.15) is 11.8 Å². The van der Waals surface area contributed by atoms with E-state index in [1.165, 1.54) is 6.42 Å². The predicted molar refractivity (Wildman–Crippen MR) is 167 cm³/mol. The average Bonchev–Trinajstić information content (AvgIpc) is 3.39. The molecule has 1 fully saturated rings. The molecule has 5 aromatic rings. The molecule has 2 N–H and O–H groups in total. The fraction of sp³-hybridized carbons (Fsp3) is 0.344. The smallest absolute Gasteiger partial charge is 0.258 e. The molecule has 1 atom stereocenters. The normalized spacial score (nSPS) is 14.5. The summed E-state index contributed by atoms with van der Waals surface area (Å²) in [5.74, 6) is 0. The van der Waals surface area contributed by atoms with Crippen molar-refractivity contribution in [3.05, 3.63) is 87.2 Å². The summed E-state index contributed by atoms with van der Waals surface area (Å²) in [6.45, 7) is 7.06. The Morgan fingerprint density at radius 3 is 2.69 bits per heavy atom. The molecule has 0 bridgehead atoms. The van der Waals surface area contributed by atoms with E-state index in [1.54, 1.807) is 24.0 Å². The summed E-state index contributed by atoms with van der Waals surface area (Å²) in [5, 5.41) is 28.7. The maximum absolute atomic E-state index is 13.0. The van der Waals surface area contributed by atoms with Crippen molar-refractivity contribution in [1.82, 2.24) is 24.5 Å². The van der Waals surface area contributed by atoms with Gasteiger partial charge in [0.15, 0.2) is 0 Å². The Morgan fingerprint density at radius 1 is 1.17 bits per heavy atom. The fourth-order valence-electron chi connectivity index (χ4n) is 5.35. The molecule has 42 heavy (non-hydrogen) atoms. The summed E-state index contributed by atoms with van der Waals surface area (Å²) >= 11 is 6.81. The van der Waals surface area contributed by atoms with Crippen LogP contribution in [0.2, 0.25) is 5.02 Å². The van der Waals surface area contributed by atoms with Gasteiger partial charge in [0, 0.05) is 42.4 Å². The maximum atomic E-state index is 13.0. The number of aromatic nitrogens is 5. The molecule has 0 spiro atoms. The zero-order chi connectivity index (χ0) is 29.6. The lowest BCUT2D eigenvalue weighted by molar-refractivity contribution is 0.284. The van der Waals surface area contributed by atoms with Crippen LogP contribution in [-0.2, 0) is 7.05 Å². The molecular formula is C32H33ClN8O. The highest BCUT2D eigenvalue weighted by Gasteiger charge is 2.26. The van der Waals surface area contributed by atoms with Gasteiger partial charge in [-0.25, -0.2) is 4.68 Å². The molecule has 0 aliphatic heterocycles. The molecule has 0 amide bonds. The number of nitrogens with one attached hydrogen (secondary N) is 2. The van der Waals surface area contributed by atoms with E-state index in [2.05, 4.69) is 52.8 Å². The van der Waals surface area contributed by atoms with E-state index in [9.17, 15) is 10.1 Å². The highest BCUT2D eigenvalue weighted by Crippen LogP contribution is 2.38.